The predicted molar refractivity (Wildman–Crippen MR) is 72.6 cm³/mol. The number of rotatable bonds is 5. The molecule has 1 N–H and O–H groups in total. The van der Waals surface area contributed by atoms with Crippen LogP contribution in [0.3, 0.4) is 0 Å². The van der Waals surface area contributed by atoms with Gasteiger partial charge in [-0.3, -0.25) is 0 Å². The van der Waals surface area contributed by atoms with E-state index in [1.807, 2.05) is 0 Å². The normalized spacial score (nSPS) is 17.4. The average molecular weight is 282 g/mol. The van der Waals surface area contributed by atoms with Gasteiger partial charge in [-0.15, -0.1) is 0 Å². The third-order valence-corrected chi connectivity index (χ3v) is 4.36. The molecular formula is C14H20BrN. The van der Waals surface area contributed by atoms with Gasteiger partial charge in [0.05, 0.1) is 0 Å². The molecule has 1 atom stereocenters. The second-order valence-corrected chi connectivity index (χ2v) is 5.72. The van der Waals surface area contributed by atoms with Crippen molar-refractivity contribution in [1.82, 2.24) is 5.32 Å². The standard InChI is InChI=1S/C14H20BrN/c1-10-3-7-12(9-13(10)15)14(16-2)8-6-11-4-5-11/h3,7,9,11,14,16H,4-6,8H2,1-2H3. The Labute approximate surface area is 107 Å². The zero-order valence-corrected chi connectivity index (χ0v) is 11.7. The smallest absolute Gasteiger partial charge is 0.0318 e. The molecule has 2 heteroatoms. The average Bonchev–Trinajstić information content (AvgIpc) is 3.08. The van der Waals surface area contributed by atoms with Crippen molar-refractivity contribution < 1.29 is 0 Å². The maximum absolute atomic E-state index is 3.61. The molecule has 88 valence electrons. The van der Waals surface area contributed by atoms with Crippen LogP contribution in [-0.2, 0) is 0 Å². The van der Waals surface area contributed by atoms with Gasteiger partial charge in [0.15, 0.2) is 0 Å². The van der Waals surface area contributed by atoms with E-state index in [4.69, 9.17) is 0 Å². The highest BCUT2D eigenvalue weighted by Crippen LogP contribution is 2.36. The molecule has 1 aromatic carbocycles. The van der Waals surface area contributed by atoms with Gasteiger partial charge in [-0.05, 0) is 49.9 Å². The minimum absolute atomic E-state index is 0.512. The maximum atomic E-state index is 3.61. The van der Waals surface area contributed by atoms with Gasteiger partial charge in [0.2, 0.25) is 0 Å². The van der Waals surface area contributed by atoms with Crippen molar-refractivity contribution in [3.63, 3.8) is 0 Å². The number of nitrogens with one attached hydrogen (secondary N) is 1. The summed E-state index contributed by atoms with van der Waals surface area (Å²) in [5.74, 6) is 1.02. The van der Waals surface area contributed by atoms with Crippen molar-refractivity contribution in [2.45, 2.75) is 38.6 Å². The van der Waals surface area contributed by atoms with Crippen molar-refractivity contribution in [2.24, 2.45) is 5.92 Å². The lowest BCUT2D eigenvalue weighted by Crippen LogP contribution is -2.16. The quantitative estimate of drug-likeness (QED) is 0.853. The lowest BCUT2D eigenvalue weighted by molar-refractivity contribution is 0.506. The zero-order valence-electron chi connectivity index (χ0n) is 10.1. The molecule has 1 aliphatic rings. The molecule has 16 heavy (non-hydrogen) atoms. The number of benzene rings is 1. The SMILES string of the molecule is CNC(CCC1CC1)c1ccc(C)c(Br)c1. The summed E-state index contributed by atoms with van der Waals surface area (Å²) in [7, 11) is 2.06. The van der Waals surface area contributed by atoms with Gasteiger partial charge in [-0.25, -0.2) is 0 Å². The highest BCUT2D eigenvalue weighted by molar-refractivity contribution is 9.10. The lowest BCUT2D eigenvalue weighted by Gasteiger charge is -2.17. The number of aryl methyl sites for hydroxylation is 1. The van der Waals surface area contributed by atoms with E-state index in [1.54, 1.807) is 0 Å². The summed E-state index contributed by atoms with van der Waals surface area (Å²) in [6.45, 7) is 2.13. The van der Waals surface area contributed by atoms with Gasteiger partial charge < -0.3 is 5.32 Å². The van der Waals surface area contributed by atoms with Crippen LogP contribution in [0.5, 0.6) is 0 Å². The molecule has 1 nitrogen and oxygen atoms in total. The first-order valence-corrected chi connectivity index (χ1v) is 6.93. The van der Waals surface area contributed by atoms with Crippen LogP contribution < -0.4 is 5.32 Å². The molecule has 0 aromatic heterocycles. The Kier molecular flexibility index (Phi) is 4.04. The molecule has 0 saturated heterocycles. The summed E-state index contributed by atoms with van der Waals surface area (Å²) in [6, 6.07) is 7.20. The summed E-state index contributed by atoms with van der Waals surface area (Å²) in [5.41, 5.74) is 2.71. The van der Waals surface area contributed by atoms with E-state index in [0.717, 1.165) is 5.92 Å². The first-order valence-electron chi connectivity index (χ1n) is 6.14. The Morgan fingerprint density at radius 1 is 1.44 bits per heavy atom. The fraction of sp³-hybridized carbons (Fsp3) is 0.571. The fourth-order valence-electron chi connectivity index (χ4n) is 2.11. The van der Waals surface area contributed by atoms with Crippen molar-refractivity contribution in [1.29, 1.82) is 0 Å². The van der Waals surface area contributed by atoms with Crippen molar-refractivity contribution in [3.05, 3.63) is 33.8 Å². The first-order chi connectivity index (χ1) is 7.70. The Bertz CT molecular complexity index is 358. The molecule has 0 radical (unpaired) electrons. The summed E-state index contributed by atoms with van der Waals surface area (Å²) < 4.78 is 1.22. The van der Waals surface area contributed by atoms with E-state index in [0.29, 0.717) is 6.04 Å². The highest BCUT2D eigenvalue weighted by Gasteiger charge is 2.22. The molecule has 1 aromatic rings. The van der Waals surface area contributed by atoms with Crippen LogP contribution in [-0.4, -0.2) is 7.05 Å². The van der Waals surface area contributed by atoms with E-state index >= 15 is 0 Å². The Morgan fingerprint density at radius 3 is 2.75 bits per heavy atom. The number of hydrogen-bond donors (Lipinski definition) is 1. The van der Waals surface area contributed by atoms with Gasteiger partial charge in [-0.1, -0.05) is 40.9 Å². The summed E-state index contributed by atoms with van der Waals surface area (Å²) >= 11 is 3.61. The van der Waals surface area contributed by atoms with Crippen LogP contribution in [0.25, 0.3) is 0 Å². The molecule has 0 spiro atoms. The zero-order chi connectivity index (χ0) is 11.5. The number of hydrogen-bond acceptors (Lipinski definition) is 1. The van der Waals surface area contributed by atoms with Crippen LogP contribution in [0.1, 0.15) is 42.9 Å². The van der Waals surface area contributed by atoms with Gasteiger partial charge >= 0.3 is 0 Å². The lowest BCUT2D eigenvalue weighted by atomic mass is 10.00. The molecular weight excluding hydrogens is 262 g/mol. The van der Waals surface area contributed by atoms with E-state index < -0.39 is 0 Å². The first kappa shape index (κ1) is 12.1. The van der Waals surface area contributed by atoms with Crippen LogP contribution in [0.2, 0.25) is 0 Å². The third kappa shape index (κ3) is 3.08. The van der Waals surface area contributed by atoms with Crippen molar-refractivity contribution >= 4 is 15.9 Å². The Morgan fingerprint density at radius 2 is 2.19 bits per heavy atom. The monoisotopic (exact) mass is 281 g/mol. The summed E-state index contributed by atoms with van der Waals surface area (Å²) in [4.78, 5) is 0. The second-order valence-electron chi connectivity index (χ2n) is 4.87. The topological polar surface area (TPSA) is 12.0 Å². The molecule has 1 saturated carbocycles. The van der Waals surface area contributed by atoms with Gasteiger partial charge in [0, 0.05) is 10.5 Å². The molecule has 1 aliphatic carbocycles. The highest BCUT2D eigenvalue weighted by atomic mass is 79.9. The Balaban J connectivity index is 2.02. The van der Waals surface area contributed by atoms with Gasteiger partial charge in [-0.2, -0.15) is 0 Å². The van der Waals surface area contributed by atoms with Crippen LogP contribution in [0, 0.1) is 12.8 Å². The molecule has 0 amide bonds. The van der Waals surface area contributed by atoms with E-state index in [1.165, 1.54) is 41.3 Å². The molecule has 0 bridgehead atoms. The summed E-state index contributed by atoms with van der Waals surface area (Å²) in [6.07, 6.45) is 5.54. The van der Waals surface area contributed by atoms with E-state index in [9.17, 15) is 0 Å². The predicted octanol–water partition coefficient (Wildman–Crippen LogP) is 4.21. The molecule has 0 heterocycles. The third-order valence-electron chi connectivity index (χ3n) is 3.51. The van der Waals surface area contributed by atoms with Crippen molar-refractivity contribution in [2.75, 3.05) is 7.05 Å². The van der Waals surface area contributed by atoms with Crippen LogP contribution in [0.15, 0.2) is 22.7 Å². The van der Waals surface area contributed by atoms with Gasteiger partial charge in [0.25, 0.3) is 0 Å². The fourth-order valence-corrected chi connectivity index (χ4v) is 2.51. The van der Waals surface area contributed by atoms with Crippen molar-refractivity contribution in [3.8, 4) is 0 Å². The molecule has 1 unspecified atom stereocenters. The minimum Gasteiger partial charge on any atom is -0.313 e. The molecule has 1 fully saturated rings. The second kappa shape index (κ2) is 5.33. The minimum atomic E-state index is 0.512. The van der Waals surface area contributed by atoms with E-state index in [2.05, 4.69) is 53.4 Å². The molecule has 2 rings (SSSR count). The number of halogens is 1. The Hall–Kier alpha value is -0.340. The van der Waals surface area contributed by atoms with Gasteiger partial charge in [0.1, 0.15) is 0 Å². The van der Waals surface area contributed by atoms with Crippen LogP contribution >= 0.6 is 15.9 Å². The molecule has 0 aliphatic heterocycles. The largest absolute Gasteiger partial charge is 0.313 e. The van der Waals surface area contributed by atoms with E-state index in [-0.39, 0.29) is 0 Å². The van der Waals surface area contributed by atoms with Crippen LogP contribution in [0.4, 0.5) is 0 Å². The maximum Gasteiger partial charge on any atom is 0.0318 e. The summed E-state index contributed by atoms with van der Waals surface area (Å²) in [5, 5.41) is 3.43.